The van der Waals surface area contributed by atoms with Gasteiger partial charge in [0, 0.05) is 13.2 Å². The Morgan fingerprint density at radius 3 is 2.58 bits per heavy atom. The summed E-state index contributed by atoms with van der Waals surface area (Å²) >= 11 is 0. The molecule has 7 heteroatoms. The van der Waals surface area contributed by atoms with Crippen LogP contribution in [0.25, 0.3) is 0 Å². The van der Waals surface area contributed by atoms with Crippen LogP contribution in [0.3, 0.4) is 0 Å². The Labute approximate surface area is 113 Å². The Hall–Kier alpha value is -1.34. The highest BCUT2D eigenvalue weighted by atomic mass is 32.2. The molecular weight excluding hydrogens is 268 g/mol. The van der Waals surface area contributed by atoms with Crippen LogP contribution >= 0.6 is 0 Å². The standard InChI is InChI=1S/C12H20N2O4S/c1-3-4-5-6-7-18-12(15)11-8-10(9-14(11)2)19(13,16)17/h8-9H,3-7H2,1-2H3,(H2,13,16,17). The van der Waals surface area contributed by atoms with Gasteiger partial charge in [-0.3, -0.25) is 0 Å². The predicted molar refractivity (Wildman–Crippen MR) is 71.2 cm³/mol. The lowest BCUT2D eigenvalue weighted by molar-refractivity contribution is 0.0486. The summed E-state index contributed by atoms with van der Waals surface area (Å²) in [5.74, 6) is -0.533. The Kier molecular flexibility index (Phi) is 5.56. The third-order valence-corrected chi connectivity index (χ3v) is 3.63. The van der Waals surface area contributed by atoms with Crippen molar-refractivity contribution in [3.63, 3.8) is 0 Å². The minimum atomic E-state index is -3.80. The number of carbonyl (C=O) groups excluding carboxylic acids is 1. The first-order chi connectivity index (χ1) is 8.86. The number of nitrogens with two attached hydrogens (primary N) is 1. The lowest BCUT2D eigenvalue weighted by Crippen LogP contribution is -2.11. The summed E-state index contributed by atoms with van der Waals surface area (Å²) in [4.78, 5) is 11.7. The number of esters is 1. The van der Waals surface area contributed by atoms with Gasteiger partial charge in [0.15, 0.2) is 0 Å². The van der Waals surface area contributed by atoms with E-state index in [0.29, 0.717) is 6.61 Å². The normalized spacial score (nSPS) is 11.5. The maximum absolute atomic E-state index is 11.8. The second kappa shape index (κ2) is 6.72. The molecule has 0 radical (unpaired) electrons. The Balaban J connectivity index is 2.60. The Morgan fingerprint density at radius 2 is 2.05 bits per heavy atom. The molecule has 0 spiro atoms. The second-order valence-corrected chi connectivity index (χ2v) is 5.97. The molecule has 0 amide bonds. The van der Waals surface area contributed by atoms with Crippen molar-refractivity contribution in [3.8, 4) is 0 Å². The van der Waals surface area contributed by atoms with Crippen LogP contribution in [0.4, 0.5) is 0 Å². The summed E-state index contributed by atoms with van der Waals surface area (Å²) in [5.41, 5.74) is 0.180. The number of aryl methyl sites for hydroxylation is 1. The minimum absolute atomic E-state index is 0.0899. The van der Waals surface area contributed by atoms with Crippen LogP contribution in [-0.4, -0.2) is 25.6 Å². The number of sulfonamides is 1. The van der Waals surface area contributed by atoms with Crippen LogP contribution in [0, 0.1) is 0 Å². The molecule has 0 atom stereocenters. The quantitative estimate of drug-likeness (QED) is 0.606. The number of nitrogens with zero attached hydrogens (tertiary/aromatic N) is 1. The second-order valence-electron chi connectivity index (χ2n) is 4.41. The van der Waals surface area contributed by atoms with Gasteiger partial charge in [-0.1, -0.05) is 26.2 Å². The third-order valence-electron chi connectivity index (χ3n) is 2.75. The Bertz CT molecular complexity index is 534. The van der Waals surface area contributed by atoms with Crippen LogP contribution in [0.5, 0.6) is 0 Å². The summed E-state index contributed by atoms with van der Waals surface area (Å²) in [6.45, 7) is 2.44. The number of hydrogen-bond donors (Lipinski definition) is 1. The summed E-state index contributed by atoms with van der Waals surface area (Å²) < 4.78 is 28.8. The maximum atomic E-state index is 11.8. The highest BCUT2D eigenvalue weighted by Crippen LogP contribution is 2.13. The van der Waals surface area contributed by atoms with Crippen LogP contribution in [0.1, 0.15) is 43.1 Å². The molecular formula is C12H20N2O4S. The maximum Gasteiger partial charge on any atom is 0.354 e. The molecule has 0 unspecified atom stereocenters. The van der Waals surface area contributed by atoms with Crippen molar-refractivity contribution in [2.75, 3.05) is 6.61 Å². The molecule has 0 aliphatic rings. The molecule has 1 aromatic rings. The van der Waals surface area contributed by atoms with Crippen LogP contribution < -0.4 is 5.14 Å². The molecule has 1 aromatic heterocycles. The van der Waals surface area contributed by atoms with Crippen molar-refractivity contribution in [1.82, 2.24) is 4.57 Å². The van der Waals surface area contributed by atoms with Crippen molar-refractivity contribution >= 4 is 16.0 Å². The number of aromatic nitrogens is 1. The van der Waals surface area contributed by atoms with E-state index in [1.54, 1.807) is 7.05 Å². The molecule has 2 N–H and O–H groups in total. The van der Waals surface area contributed by atoms with E-state index in [0.717, 1.165) is 25.7 Å². The van der Waals surface area contributed by atoms with E-state index in [4.69, 9.17) is 9.88 Å². The van der Waals surface area contributed by atoms with E-state index in [9.17, 15) is 13.2 Å². The average molecular weight is 288 g/mol. The van der Waals surface area contributed by atoms with Crippen LogP contribution in [0.15, 0.2) is 17.2 Å². The minimum Gasteiger partial charge on any atom is -0.461 e. The van der Waals surface area contributed by atoms with Crippen molar-refractivity contribution in [2.45, 2.75) is 37.5 Å². The zero-order chi connectivity index (χ0) is 14.5. The molecule has 1 rings (SSSR count). The number of primary sulfonamides is 1. The first-order valence-electron chi connectivity index (χ1n) is 6.22. The molecule has 0 aliphatic heterocycles. The molecule has 6 nitrogen and oxygen atoms in total. The average Bonchev–Trinajstić information content (AvgIpc) is 2.70. The van der Waals surface area contributed by atoms with Gasteiger partial charge >= 0.3 is 5.97 Å². The number of rotatable bonds is 7. The molecule has 108 valence electrons. The monoisotopic (exact) mass is 288 g/mol. The van der Waals surface area contributed by atoms with Gasteiger partial charge in [-0.25, -0.2) is 18.4 Å². The fourth-order valence-electron chi connectivity index (χ4n) is 1.66. The molecule has 0 bridgehead atoms. The van der Waals surface area contributed by atoms with Crippen molar-refractivity contribution in [1.29, 1.82) is 0 Å². The van der Waals surface area contributed by atoms with Gasteiger partial charge in [0.2, 0.25) is 10.0 Å². The van der Waals surface area contributed by atoms with E-state index >= 15 is 0 Å². The first kappa shape index (κ1) is 15.7. The highest BCUT2D eigenvalue weighted by Gasteiger charge is 2.18. The van der Waals surface area contributed by atoms with Crippen LogP contribution in [0.2, 0.25) is 0 Å². The smallest absolute Gasteiger partial charge is 0.354 e. The molecule has 0 saturated carbocycles. The molecule has 1 heterocycles. The Morgan fingerprint density at radius 1 is 1.37 bits per heavy atom. The number of carbonyl (C=O) groups is 1. The first-order valence-corrected chi connectivity index (χ1v) is 7.77. The van der Waals surface area contributed by atoms with Gasteiger partial charge in [-0.2, -0.15) is 0 Å². The summed E-state index contributed by atoms with van der Waals surface area (Å²) in [6, 6.07) is 1.23. The molecule has 19 heavy (non-hydrogen) atoms. The van der Waals surface area contributed by atoms with E-state index in [1.165, 1.54) is 16.8 Å². The van der Waals surface area contributed by atoms with Gasteiger partial charge < -0.3 is 9.30 Å². The van der Waals surface area contributed by atoms with Gasteiger partial charge in [0.25, 0.3) is 0 Å². The van der Waals surface area contributed by atoms with Gasteiger partial charge in [-0.15, -0.1) is 0 Å². The lowest BCUT2D eigenvalue weighted by Gasteiger charge is -2.04. The fourth-order valence-corrected chi connectivity index (χ4v) is 2.24. The summed E-state index contributed by atoms with van der Waals surface area (Å²) in [5, 5.41) is 5.00. The summed E-state index contributed by atoms with van der Waals surface area (Å²) in [7, 11) is -2.23. The van der Waals surface area contributed by atoms with Crippen molar-refractivity contribution in [2.24, 2.45) is 12.2 Å². The predicted octanol–water partition coefficient (Wildman–Crippen LogP) is 1.41. The number of hydrogen-bond acceptors (Lipinski definition) is 4. The number of unbranched alkanes of at least 4 members (excludes halogenated alkanes) is 3. The number of ether oxygens (including phenoxy) is 1. The fraction of sp³-hybridized carbons (Fsp3) is 0.583. The molecule has 0 saturated heterocycles. The zero-order valence-electron chi connectivity index (χ0n) is 11.3. The summed E-state index contributed by atoms with van der Waals surface area (Å²) in [6.07, 6.45) is 5.34. The van der Waals surface area contributed by atoms with E-state index < -0.39 is 16.0 Å². The van der Waals surface area contributed by atoms with E-state index in [2.05, 4.69) is 6.92 Å². The van der Waals surface area contributed by atoms with Crippen molar-refractivity contribution in [3.05, 3.63) is 18.0 Å². The third kappa shape index (κ3) is 4.68. The van der Waals surface area contributed by atoms with Gasteiger partial charge in [-0.05, 0) is 12.5 Å². The van der Waals surface area contributed by atoms with E-state index in [1.807, 2.05) is 0 Å². The van der Waals surface area contributed by atoms with Crippen LogP contribution in [-0.2, 0) is 21.8 Å². The lowest BCUT2D eigenvalue weighted by atomic mass is 10.2. The SMILES string of the molecule is CCCCCCOC(=O)c1cc(S(N)(=O)=O)cn1C. The zero-order valence-corrected chi connectivity index (χ0v) is 12.1. The highest BCUT2D eigenvalue weighted by molar-refractivity contribution is 7.89. The van der Waals surface area contributed by atoms with Gasteiger partial charge in [0.1, 0.15) is 10.6 Å². The topological polar surface area (TPSA) is 91.4 Å². The van der Waals surface area contributed by atoms with Gasteiger partial charge in [0.05, 0.1) is 6.61 Å². The molecule has 0 aromatic carbocycles. The molecule has 0 fully saturated rings. The molecule has 0 aliphatic carbocycles. The largest absolute Gasteiger partial charge is 0.461 e. The van der Waals surface area contributed by atoms with Crippen molar-refractivity contribution < 1.29 is 17.9 Å². The van der Waals surface area contributed by atoms with E-state index in [-0.39, 0.29) is 10.6 Å².